The summed E-state index contributed by atoms with van der Waals surface area (Å²) in [6.07, 6.45) is 3.20. The fourth-order valence-electron chi connectivity index (χ4n) is 3.13. The largest absolute Gasteiger partial charge is 0.356 e. The van der Waals surface area contributed by atoms with Crippen LogP contribution in [0.5, 0.6) is 0 Å². The molecule has 2 aliphatic rings. The van der Waals surface area contributed by atoms with Gasteiger partial charge < -0.3 is 19.7 Å². The molecule has 6 nitrogen and oxygen atoms in total. The average Bonchev–Trinajstić information content (AvgIpc) is 3.06. The zero-order chi connectivity index (χ0) is 16.4. The van der Waals surface area contributed by atoms with Crippen molar-refractivity contribution in [1.29, 1.82) is 0 Å². The molecule has 3 heterocycles. The van der Waals surface area contributed by atoms with Gasteiger partial charge in [-0.2, -0.15) is 0 Å². The molecule has 0 aliphatic carbocycles. The molecule has 1 N–H and O–H groups in total. The Morgan fingerprint density at radius 2 is 1.75 bits per heavy atom. The Balaban J connectivity index is 1.44. The topological polar surface area (TPSA) is 59.5 Å². The fourth-order valence-corrected chi connectivity index (χ4v) is 3.13. The number of benzene rings is 1. The Morgan fingerprint density at radius 1 is 1.04 bits per heavy atom. The van der Waals surface area contributed by atoms with E-state index in [9.17, 15) is 4.39 Å². The van der Waals surface area contributed by atoms with Crippen LogP contribution in [0, 0.1) is 5.82 Å². The molecule has 0 bridgehead atoms. The maximum Gasteiger partial charge on any atom is 0.171 e. The summed E-state index contributed by atoms with van der Waals surface area (Å²) < 4.78 is 24.5. The lowest BCUT2D eigenvalue weighted by atomic mass is 10.0. The van der Waals surface area contributed by atoms with Gasteiger partial charge in [0.1, 0.15) is 23.8 Å². The van der Waals surface area contributed by atoms with E-state index in [1.54, 1.807) is 12.1 Å². The van der Waals surface area contributed by atoms with Crippen molar-refractivity contribution >= 4 is 17.3 Å². The lowest BCUT2D eigenvalue weighted by molar-refractivity contribution is -0.169. The van der Waals surface area contributed by atoms with Crippen LogP contribution in [0.4, 0.5) is 21.7 Å². The SMILES string of the molecule is Fc1ccc(Nc2cc(N3CCC4(CC3)OCCO4)ncn2)cc1. The van der Waals surface area contributed by atoms with E-state index >= 15 is 0 Å². The monoisotopic (exact) mass is 330 g/mol. The minimum atomic E-state index is -0.390. The minimum absolute atomic E-state index is 0.262. The minimum Gasteiger partial charge on any atom is -0.356 e. The first-order valence-electron chi connectivity index (χ1n) is 8.10. The van der Waals surface area contributed by atoms with Crippen LogP contribution < -0.4 is 10.2 Å². The quantitative estimate of drug-likeness (QED) is 0.934. The van der Waals surface area contributed by atoms with Crippen molar-refractivity contribution < 1.29 is 13.9 Å². The molecule has 1 spiro atoms. The smallest absolute Gasteiger partial charge is 0.171 e. The lowest BCUT2D eigenvalue weighted by Gasteiger charge is -2.38. The second kappa shape index (κ2) is 6.33. The second-order valence-corrected chi connectivity index (χ2v) is 5.99. The van der Waals surface area contributed by atoms with Crippen LogP contribution in [0.3, 0.4) is 0 Å². The molecular weight excluding hydrogens is 311 g/mol. The fraction of sp³-hybridized carbons (Fsp3) is 0.412. The third kappa shape index (κ3) is 3.18. The Labute approximate surface area is 139 Å². The van der Waals surface area contributed by atoms with Crippen molar-refractivity contribution in [2.45, 2.75) is 18.6 Å². The summed E-state index contributed by atoms with van der Waals surface area (Å²) >= 11 is 0. The zero-order valence-electron chi connectivity index (χ0n) is 13.2. The number of piperidine rings is 1. The third-order valence-corrected chi connectivity index (χ3v) is 4.43. The molecule has 1 aromatic heterocycles. The molecule has 24 heavy (non-hydrogen) atoms. The molecule has 1 aromatic carbocycles. The van der Waals surface area contributed by atoms with Crippen molar-refractivity contribution in [3.8, 4) is 0 Å². The molecule has 2 aromatic rings. The summed E-state index contributed by atoms with van der Waals surface area (Å²) in [5.74, 6) is 0.892. The summed E-state index contributed by atoms with van der Waals surface area (Å²) in [4.78, 5) is 10.8. The molecule has 2 fully saturated rings. The molecule has 2 aliphatic heterocycles. The molecule has 0 amide bonds. The van der Waals surface area contributed by atoms with Crippen molar-refractivity contribution in [2.75, 3.05) is 36.5 Å². The van der Waals surface area contributed by atoms with Gasteiger partial charge in [0.05, 0.1) is 13.2 Å². The molecule has 4 rings (SSSR count). The summed E-state index contributed by atoms with van der Waals surface area (Å²) in [5.41, 5.74) is 0.784. The van der Waals surface area contributed by atoms with Gasteiger partial charge in [0, 0.05) is 37.7 Å². The predicted molar refractivity (Wildman–Crippen MR) is 87.8 cm³/mol. The molecule has 2 saturated heterocycles. The molecule has 0 unspecified atom stereocenters. The van der Waals surface area contributed by atoms with Crippen LogP contribution in [-0.2, 0) is 9.47 Å². The van der Waals surface area contributed by atoms with E-state index < -0.39 is 5.79 Å². The number of aromatic nitrogens is 2. The first kappa shape index (κ1) is 15.3. The second-order valence-electron chi connectivity index (χ2n) is 5.99. The van der Waals surface area contributed by atoms with E-state index in [0.717, 1.165) is 37.4 Å². The number of anilines is 3. The van der Waals surface area contributed by atoms with Crippen molar-refractivity contribution in [3.63, 3.8) is 0 Å². The van der Waals surface area contributed by atoms with Gasteiger partial charge in [0.15, 0.2) is 5.79 Å². The highest BCUT2D eigenvalue weighted by Gasteiger charge is 2.40. The maximum absolute atomic E-state index is 13.0. The molecule has 0 saturated carbocycles. The van der Waals surface area contributed by atoms with Gasteiger partial charge in [0.2, 0.25) is 0 Å². The van der Waals surface area contributed by atoms with Gasteiger partial charge in [-0.15, -0.1) is 0 Å². The average molecular weight is 330 g/mol. The van der Waals surface area contributed by atoms with Crippen LogP contribution in [0.2, 0.25) is 0 Å². The van der Waals surface area contributed by atoms with E-state index in [2.05, 4.69) is 20.2 Å². The molecule has 7 heteroatoms. The van der Waals surface area contributed by atoms with E-state index in [1.807, 2.05) is 6.07 Å². The van der Waals surface area contributed by atoms with Crippen molar-refractivity contribution in [2.24, 2.45) is 0 Å². The number of nitrogens with one attached hydrogen (secondary N) is 1. The van der Waals surface area contributed by atoms with Gasteiger partial charge in [-0.05, 0) is 24.3 Å². The zero-order valence-corrected chi connectivity index (χ0v) is 13.2. The predicted octanol–water partition coefficient (Wildman–Crippen LogP) is 2.70. The summed E-state index contributed by atoms with van der Waals surface area (Å²) in [5, 5.41) is 3.17. The highest BCUT2D eigenvalue weighted by molar-refractivity contribution is 5.59. The van der Waals surface area contributed by atoms with Gasteiger partial charge >= 0.3 is 0 Å². The Bertz CT molecular complexity index is 694. The number of nitrogens with zero attached hydrogens (tertiary/aromatic N) is 3. The summed E-state index contributed by atoms with van der Waals surface area (Å²) in [6.45, 7) is 3.01. The van der Waals surface area contributed by atoms with E-state index in [4.69, 9.17) is 9.47 Å². The molecule has 0 radical (unpaired) electrons. The maximum atomic E-state index is 13.0. The first-order valence-corrected chi connectivity index (χ1v) is 8.10. The number of ether oxygens (including phenoxy) is 2. The van der Waals surface area contributed by atoms with Gasteiger partial charge in [0.25, 0.3) is 0 Å². The normalized spacial score (nSPS) is 19.6. The summed E-state index contributed by atoms with van der Waals surface area (Å²) in [7, 11) is 0. The Hall–Kier alpha value is -2.25. The van der Waals surface area contributed by atoms with E-state index in [-0.39, 0.29) is 5.82 Å². The molecule has 0 atom stereocenters. The van der Waals surface area contributed by atoms with Crippen LogP contribution >= 0.6 is 0 Å². The van der Waals surface area contributed by atoms with Crippen molar-refractivity contribution in [1.82, 2.24) is 9.97 Å². The number of rotatable bonds is 3. The summed E-state index contributed by atoms with van der Waals surface area (Å²) in [6, 6.07) is 8.08. The van der Waals surface area contributed by atoms with Crippen molar-refractivity contribution in [3.05, 3.63) is 42.5 Å². The van der Waals surface area contributed by atoms with Gasteiger partial charge in [-0.1, -0.05) is 0 Å². The third-order valence-electron chi connectivity index (χ3n) is 4.43. The first-order chi connectivity index (χ1) is 11.7. The Morgan fingerprint density at radius 3 is 2.46 bits per heavy atom. The molecular formula is C17H19FN4O2. The lowest BCUT2D eigenvalue weighted by Crippen LogP contribution is -2.45. The Kier molecular flexibility index (Phi) is 4.03. The van der Waals surface area contributed by atoms with Crippen LogP contribution in [0.25, 0.3) is 0 Å². The standard InChI is InChI=1S/C17H19FN4O2/c18-13-1-3-14(4-2-13)21-15-11-16(20-12-19-15)22-7-5-17(6-8-22)23-9-10-24-17/h1-4,11-12H,5-10H2,(H,19,20,21). The van der Waals surface area contributed by atoms with E-state index in [0.29, 0.717) is 19.0 Å². The highest BCUT2D eigenvalue weighted by Crippen LogP contribution is 2.33. The van der Waals surface area contributed by atoms with Gasteiger partial charge in [-0.3, -0.25) is 0 Å². The number of hydrogen-bond donors (Lipinski definition) is 1. The van der Waals surface area contributed by atoms with Crippen LogP contribution in [0.1, 0.15) is 12.8 Å². The highest BCUT2D eigenvalue weighted by atomic mass is 19.1. The molecule has 126 valence electrons. The number of halogens is 1. The van der Waals surface area contributed by atoms with Crippen LogP contribution in [0.15, 0.2) is 36.7 Å². The van der Waals surface area contributed by atoms with E-state index in [1.165, 1.54) is 18.5 Å². The van der Waals surface area contributed by atoms with Crippen LogP contribution in [-0.4, -0.2) is 42.1 Å². The van der Waals surface area contributed by atoms with Gasteiger partial charge in [-0.25, -0.2) is 14.4 Å². The number of hydrogen-bond acceptors (Lipinski definition) is 6.